The number of piperidine rings is 1. The summed E-state index contributed by atoms with van der Waals surface area (Å²) in [5.41, 5.74) is 1.04. The number of nitrogens with zero attached hydrogens (tertiary/aromatic N) is 9. The molecular weight excluding hydrogens is 1070 g/mol. The lowest BCUT2D eigenvalue weighted by Crippen LogP contribution is -2.53. The summed E-state index contributed by atoms with van der Waals surface area (Å²) in [5, 5.41) is 22.7. The number of nitriles is 1. The fourth-order valence-corrected chi connectivity index (χ4v) is 10.7. The van der Waals surface area contributed by atoms with Crippen LogP contribution in [0.5, 0.6) is 0 Å². The molecule has 8 rings (SSSR count). The molecule has 4 aliphatic rings. The number of hydrogen-bond acceptors (Lipinski definition) is 14. The number of alkyl halides is 3. The predicted molar refractivity (Wildman–Crippen MR) is 288 cm³/mol. The number of hydrogen-bond donors (Lipinski definition) is 3. The third-order valence-corrected chi connectivity index (χ3v) is 15.0. The topological polar surface area (TPSA) is 262 Å². The first kappa shape index (κ1) is 59.8. The Hall–Kier alpha value is -8.27. The van der Waals surface area contributed by atoms with Gasteiger partial charge in [0.15, 0.2) is 5.82 Å². The summed E-state index contributed by atoms with van der Waals surface area (Å²) >= 11 is 0. The van der Waals surface area contributed by atoms with Gasteiger partial charge in [-0.1, -0.05) is 44.5 Å². The molecule has 3 aliphatic heterocycles. The van der Waals surface area contributed by atoms with Crippen molar-refractivity contribution >= 4 is 64.8 Å². The van der Waals surface area contributed by atoms with Crippen LogP contribution < -0.4 is 30.4 Å². The summed E-state index contributed by atoms with van der Waals surface area (Å²) in [5.74, 6) is -4.41. The molecule has 2 aromatic carbocycles. The normalized spacial score (nSPS) is 18.8. The minimum atomic E-state index is -4.78. The van der Waals surface area contributed by atoms with Crippen molar-refractivity contribution in [3.8, 4) is 11.8 Å². The Labute approximate surface area is 472 Å². The van der Waals surface area contributed by atoms with E-state index in [2.05, 4.69) is 45.9 Å². The number of carbonyl (C=O) groups excluding carboxylic acids is 8. The van der Waals surface area contributed by atoms with E-state index in [0.29, 0.717) is 45.0 Å². The van der Waals surface area contributed by atoms with Crippen molar-refractivity contribution in [3.63, 3.8) is 0 Å². The minimum absolute atomic E-state index is 0.00927. The van der Waals surface area contributed by atoms with E-state index in [4.69, 9.17) is 14.6 Å². The van der Waals surface area contributed by atoms with Gasteiger partial charge in [-0.3, -0.25) is 43.5 Å². The molecule has 3 atom stereocenters. The Morgan fingerprint density at radius 3 is 2.29 bits per heavy atom. The van der Waals surface area contributed by atoms with Crippen molar-refractivity contribution < 1.29 is 65.8 Å². The van der Waals surface area contributed by atoms with Crippen molar-refractivity contribution in [2.24, 2.45) is 24.8 Å². The molecule has 1 saturated carbocycles. The van der Waals surface area contributed by atoms with E-state index >= 15 is 13.2 Å². The molecule has 82 heavy (non-hydrogen) atoms. The number of pyridine rings is 1. The van der Waals surface area contributed by atoms with Crippen LogP contribution in [0.2, 0.25) is 0 Å². The third kappa shape index (κ3) is 14.2. The van der Waals surface area contributed by atoms with Gasteiger partial charge >= 0.3 is 18.2 Å². The molecule has 7 amide bonds. The van der Waals surface area contributed by atoms with Gasteiger partial charge in [0.2, 0.25) is 29.7 Å². The number of carbonyl (C=O) groups is 8. The van der Waals surface area contributed by atoms with Crippen molar-refractivity contribution in [2.45, 2.75) is 143 Å². The molecule has 22 nitrogen and oxygen atoms in total. The van der Waals surface area contributed by atoms with Gasteiger partial charge in [0.1, 0.15) is 24.5 Å². The predicted octanol–water partition coefficient (Wildman–Crippen LogP) is 6.43. The highest BCUT2D eigenvalue weighted by atomic mass is 19.4. The van der Waals surface area contributed by atoms with Crippen LogP contribution in [0.4, 0.5) is 35.3 Å². The molecule has 0 unspecified atom stereocenters. The van der Waals surface area contributed by atoms with Crippen LogP contribution in [0.3, 0.4) is 0 Å². The van der Waals surface area contributed by atoms with Crippen LogP contribution >= 0.6 is 0 Å². The maximum atomic E-state index is 15.1. The van der Waals surface area contributed by atoms with E-state index in [1.54, 1.807) is 68.2 Å². The van der Waals surface area contributed by atoms with Crippen LogP contribution in [-0.2, 0) is 71.3 Å². The van der Waals surface area contributed by atoms with Crippen LogP contribution in [0.25, 0.3) is 5.69 Å². The van der Waals surface area contributed by atoms with Gasteiger partial charge in [0, 0.05) is 62.1 Å². The van der Waals surface area contributed by atoms with E-state index in [-0.39, 0.29) is 86.9 Å². The molecule has 0 bridgehead atoms. The molecular formula is C57H68F3N12O10+. The van der Waals surface area contributed by atoms with E-state index in [1.165, 1.54) is 27.7 Å². The zero-order valence-corrected chi connectivity index (χ0v) is 46.7. The first-order chi connectivity index (χ1) is 39.0. The standard InChI is InChI=1S/C57H67F3N12O10/c1-33(2)50(66-46(73)11-7-12-49(76)82-72-47(74)17-18-48(72)75)54(78)63-36(5)53(77)64-40-15-13-37(14-16-40)30-81-56(80)69(21-9-19-61)45-26-41(39-22-35(4)23-39)51(71-32-67(6)31-62-71)52(65-45)70-29-43-42(55(70)79)24-38(25-44(43)57(58,59)60)28-68-20-8-10-34(3)27-68/h13-16,24-26,31-36,39,50H,7-12,17-18,20-23,27-30H2,1-6H3,(H2-,63,64,66,73,77,78)/p+1/t34-,35-,36-,39-,50-/m0/s1. The third-order valence-electron chi connectivity index (χ3n) is 15.0. The Balaban J connectivity index is 0.951. The van der Waals surface area contributed by atoms with Crippen LogP contribution in [0.15, 0.2) is 55.1 Å². The van der Waals surface area contributed by atoms with E-state index in [0.717, 1.165) is 44.8 Å². The zero-order chi connectivity index (χ0) is 59.2. The number of aromatic nitrogens is 4. The van der Waals surface area contributed by atoms with Crippen molar-refractivity contribution in [1.29, 1.82) is 5.26 Å². The summed E-state index contributed by atoms with van der Waals surface area (Å²) < 4.78 is 54.3. The average Bonchev–Trinajstić information content (AvgIpc) is 4.12. The second-order valence-electron chi connectivity index (χ2n) is 22.1. The first-order valence-electron chi connectivity index (χ1n) is 27.6. The number of ether oxygens (including phenoxy) is 1. The van der Waals surface area contributed by atoms with Crippen LogP contribution in [-0.4, -0.2) is 104 Å². The Kier molecular flexibility index (Phi) is 18.7. The lowest BCUT2D eigenvalue weighted by Gasteiger charge is -2.35. The van der Waals surface area contributed by atoms with E-state index in [1.807, 2.05) is 0 Å². The second-order valence-corrected chi connectivity index (χ2v) is 22.1. The summed E-state index contributed by atoms with van der Waals surface area (Å²) in [6, 6.07) is 10.6. The number of fused-ring (bicyclic) bond motifs is 1. The van der Waals surface area contributed by atoms with Crippen LogP contribution in [0, 0.1) is 29.1 Å². The summed E-state index contributed by atoms with van der Waals surface area (Å²) in [6.07, 6.45) is 0.210. The number of nitrogens with one attached hydrogen (secondary N) is 3. The lowest BCUT2D eigenvalue weighted by molar-refractivity contribution is -0.657. The van der Waals surface area contributed by atoms with Gasteiger partial charge in [-0.15, -0.1) is 5.06 Å². The number of imide groups is 1. The Morgan fingerprint density at radius 1 is 0.939 bits per heavy atom. The molecule has 0 spiro atoms. The SMILES string of the molecule is CC(C)[C@H](NC(=O)CCCC(=O)ON1C(=O)CCC1=O)C(=O)N[C@@H](C)C(=O)Nc1ccc(COC(=O)N(CCC#N)c2cc([C@H]3C[C@H](C)C3)c(-[n+]3cn(C)cn3)c(N3Cc4c(cc(CN5CCC[C@H](C)C5)cc4C(F)(F)F)C3=O)n2)cc1. The zero-order valence-electron chi connectivity index (χ0n) is 46.7. The van der Waals surface area contributed by atoms with Gasteiger partial charge in [0.25, 0.3) is 24.0 Å². The molecule has 4 aromatic rings. The van der Waals surface area contributed by atoms with E-state index < -0.39 is 83.8 Å². The Morgan fingerprint density at radius 2 is 1.66 bits per heavy atom. The van der Waals surface area contributed by atoms with Crippen molar-refractivity contribution in [3.05, 3.63) is 88.5 Å². The number of likely N-dealkylation sites (tertiary alicyclic amines) is 1. The molecule has 1 aliphatic carbocycles. The monoisotopic (exact) mass is 1140 g/mol. The molecule has 436 valence electrons. The molecule has 2 saturated heterocycles. The fourth-order valence-electron chi connectivity index (χ4n) is 10.7. The van der Waals surface area contributed by atoms with Crippen molar-refractivity contribution in [2.75, 3.05) is 34.8 Å². The van der Waals surface area contributed by atoms with Gasteiger partial charge in [-0.25, -0.2) is 19.1 Å². The number of rotatable bonds is 21. The number of halogens is 3. The van der Waals surface area contributed by atoms with Crippen molar-refractivity contribution in [1.82, 2.24) is 35.2 Å². The summed E-state index contributed by atoms with van der Waals surface area (Å²) in [4.78, 5) is 118. The van der Waals surface area contributed by atoms with Crippen LogP contribution in [0.1, 0.15) is 143 Å². The smallest absolute Gasteiger partial charge is 0.416 e. The summed E-state index contributed by atoms with van der Waals surface area (Å²) in [7, 11) is 1.75. The highest BCUT2D eigenvalue weighted by Crippen LogP contribution is 2.47. The molecule has 5 heterocycles. The molecule has 25 heteroatoms. The maximum absolute atomic E-state index is 15.1. The number of aryl methyl sites for hydroxylation is 1. The van der Waals surface area contributed by atoms with E-state index in [9.17, 15) is 43.6 Å². The number of anilines is 3. The van der Waals surface area contributed by atoms with Gasteiger partial charge in [0.05, 0.1) is 31.6 Å². The maximum Gasteiger partial charge on any atom is 0.416 e. The first-order valence-corrected chi connectivity index (χ1v) is 27.6. The van der Waals surface area contributed by atoms with Gasteiger partial charge in [-0.2, -0.15) is 18.4 Å². The average molecular weight is 1140 g/mol. The lowest BCUT2D eigenvalue weighted by atomic mass is 9.72. The van der Waals surface area contributed by atoms with Gasteiger partial charge < -0.3 is 25.5 Å². The molecule has 2 aromatic heterocycles. The highest BCUT2D eigenvalue weighted by Gasteiger charge is 2.44. The number of amides is 7. The second kappa shape index (κ2) is 25.7. The summed E-state index contributed by atoms with van der Waals surface area (Å²) in [6.45, 7) is 9.81. The molecule has 3 N–H and O–H groups in total. The largest absolute Gasteiger partial charge is 0.444 e. The molecule has 0 radical (unpaired) electrons. The Bertz CT molecular complexity index is 3140. The number of hydroxylamine groups is 2. The fraction of sp³-hybridized carbons (Fsp3) is 0.509. The molecule has 3 fully saturated rings. The quantitative estimate of drug-likeness (QED) is 0.0600. The van der Waals surface area contributed by atoms with Gasteiger partial charge in [-0.05, 0) is 121 Å². The number of benzene rings is 2. The highest BCUT2D eigenvalue weighted by molar-refractivity contribution is 6.11. The minimum Gasteiger partial charge on any atom is -0.444 e.